The molecule has 0 spiro atoms. The van der Waals surface area contributed by atoms with Crippen molar-refractivity contribution in [3.8, 4) is 0 Å². The molecule has 2 unspecified atom stereocenters. The van der Waals surface area contributed by atoms with E-state index in [2.05, 4.69) is 43.4 Å². The maximum atomic E-state index is 5.66. The molecule has 1 N–H and O–H groups in total. The van der Waals surface area contributed by atoms with Crippen molar-refractivity contribution in [2.45, 2.75) is 58.1 Å². The summed E-state index contributed by atoms with van der Waals surface area (Å²) in [4.78, 5) is 0. The molecule has 0 amide bonds. The van der Waals surface area contributed by atoms with Gasteiger partial charge < -0.3 is 10.1 Å². The molecule has 1 aliphatic rings. The zero-order chi connectivity index (χ0) is 13.5. The van der Waals surface area contributed by atoms with Gasteiger partial charge in [0, 0.05) is 12.6 Å². The number of aryl methyl sites for hydroxylation is 1. The molecule has 1 heterocycles. The minimum atomic E-state index is 0.479. The van der Waals surface area contributed by atoms with Gasteiger partial charge in [-0.3, -0.25) is 0 Å². The van der Waals surface area contributed by atoms with Crippen LogP contribution in [0.25, 0.3) is 0 Å². The van der Waals surface area contributed by atoms with E-state index in [0.29, 0.717) is 12.1 Å². The highest BCUT2D eigenvalue weighted by molar-refractivity contribution is 5.24. The first-order valence-electron chi connectivity index (χ1n) is 7.77. The van der Waals surface area contributed by atoms with E-state index < -0.39 is 0 Å². The summed E-state index contributed by atoms with van der Waals surface area (Å²) < 4.78 is 5.66. The summed E-state index contributed by atoms with van der Waals surface area (Å²) in [5, 5.41) is 3.67. The summed E-state index contributed by atoms with van der Waals surface area (Å²) in [6.45, 7) is 6.46. The number of benzene rings is 1. The van der Waals surface area contributed by atoms with Crippen LogP contribution in [-0.2, 0) is 11.2 Å². The monoisotopic (exact) mass is 261 g/mol. The van der Waals surface area contributed by atoms with Crippen molar-refractivity contribution in [3.05, 3.63) is 35.4 Å². The van der Waals surface area contributed by atoms with Gasteiger partial charge in [0.1, 0.15) is 0 Å². The number of nitrogens with one attached hydrogen (secondary N) is 1. The molecule has 19 heavy (non-hydrogen) atoms. The smallest absolute Gasteiger partial charge is 0.0588 e. The molecule has 0 aromatic heterocycles. The Balaban J connectivity index is 1.80. The molecule has 0 bridgehead atoms. The molecule has 1 aliphatic heterocycles. The third kappa shape index (κ3) is 4.32. The number of hydrogen-bond donors (Lipinski definition) is 1. The second kappa shape index (κ2) is 7.66. The summed E-state index contributed by atoms with van der Waals surface area (Å²) in [7, 11) is 0. The van der Waals surface area contributed by atoms with Crippen LogP contribution in [0.4, 0.5) is 0 Å². The van der Waals surface area contributed by atoms with E-state index in [1.54, 1.807) is 0 Å². The van der Waals surface area contributed by atoms with Crippen LogP contribution in [0, 0.1) is 0 Å². The molecular weight excluding hydrogens is 234 g/mol. The zero-order valence-corrected chi connectivity index (χ0v) is 12.3. The van der Waals surface area contributed by atoms with Crippen molar-refractivity contribution in [3.63, 3.8) is 0 Å². The topological polar surface area (TPSA) is 21.3 Å². The van der Waals surface area contributed by atoms with Crippen molar-refractivity contribution in [2.24, 2.45) is 0 Å². The van der Waals surface area contributed by atoms with Gasteiger partial charge in [0.05, 0.1) is 6.10 Å². The summed E-state index contributed by atoms with van der Waals surface area (Å²) in [6.07, 6.45) is 6.36. The molecular formula is C17H27NO. The van der Waals surface area contributed by atoms with E-state index >= 15 is 0 Å². The Kier molecular flexibility index (Phi) is 5.87. The van der Waals surface area contributed by atoms with E-state index in [9.17, 15) is 0 Å². The maximum absolute atomic E-state index is 5.66. The molecule has 0 saturated carbocycles. The maximum Gasteiger partial charge on any atom is 0.0588 e. The van der Waals surface area contributed by atoms with Crippen LogP contribution in [0.3, 0.4) is 0 Å². The third-order valence-electron chi connectivity index (χ3n) is 4.08. The molecule has 1 saturated heterocycles. The normalized spacial score (nSPS) is 20.6. The summed E-state index contributed by atoms with van der Waals surface area (Å²) in [6, 6.07) is 9.52. The fourth-order valence-electron chi connectivity index (χ4n) is 2.77. The molecule has 2 nitrogen and oxygen atoms in total. The highest BCUT2D eigenvalue weighted by Gasteiger charge is 2.15. The molecule has 0 aliphatic carbocycles. The van der Waals surface area contributed by atoms with Gasteiger partial charge in [-0.05, 0) is 49.8 Å². The Morgan fingerprint density at radius 2 is 2.05 bits per heavy atom. The first kappa shape index (κ1) is 14.5. The van der Waals surface area contributed by atoms with E-state index in [0.717, 1.165) is 32.4 Å². The lowest BCUT2D eigenvalue weighted by Crippen LogP contribution is -2.24. The molecule has 0 radical (unpaired) electrons. The summed E-state index contributed by atoms with van der Waals surface area (Å²) >= 11 is 0. The van der Waals surface area contributed by atoms with Crippen LogP contribution in [0.1, 0.15) is 56.7 Å². The molecule has 106 valence electrons. The second-order valence-electron chi connectivity index (χ2n) is 5.43. The van der Waals surface area contributed by atoms with Gasteiger partial charge >= 0.3 is 0 Å². The molecule has 2 atom stereocenters. The predicted molar refractivity (Wildman–Crippen MR) is 80.4 cm³/mol. The summed E-state index contributed by atoms with van der Waals surface area (Å²) in [5.74, 6) is 0. The number of rotatable bonds is 7. The highest BCUT2D eigenvalue weighted by atomic mass is 16.5. The lowest BCUT2D eigenvalue weighted by atomic mass is 10.0. The van der Waals surface area contributed by atoms with Crippen molar-refractivity contribution in [1.29, 1.82) is 0 Å². The van der Waals surface area contributed by atoms with Gasteiger partial charge in [-0.1, -0.05) is 38.1 Å². The number of hydrogen-bond acceptors (Lipinski definition) is 2. The largest absolute Gasteiger partial charge is 0.378 e. The Morgan fingerprint density at radius 3 is 2.63 bits per heavy atom. The van der Waals surface area contributed by atoms with Crippen LogP contribution in [0.5, 0.6) is 0 Å². The Morgan fingerprint density at radius 1 is 1.26 bits per heavy atom. The van der Waals surface area contributed by atoms with Gasteiger partial charge in [-0.15, -0.1) is 0 Å². The lowest BCUT2D eigenvalue weighted by molar-refractivity contribution is 0.103. The Labute approximate surface area is 117 Å². The zero-order valence-electron chi connectivity index (χ0n) is 12.3. The van der Waals surface area contributed by atoms with E-state index in [4.69, 9.17) is 4.74 Å². The van der Waals surface area contributed by atoms with Gasteiger partial charge in [-0.25, -0.2) is 0 Å². The molecule has 1 aromatic carbocycles. The lowest BCUT2D eigenvalue weighted by Gasteiger charge is -2.19. The van der Waals surface area contributed by atoms with E-state index in [1.807, 2.05) is 0 Å². The van der Waals surface area contributed by atoms with Gasteiger partial charge in [-0.2, -0.15) is 0 Å². The minimum Gasteiger partial charge on any atom is -0.378 e. The number of ether oxygens (including phenoxy) is 1. The van der Waals surface area contributed by atoms with Gasteiger partial charge in [0.25, 0.3) is 0 Å². The van der Waals surface area contributed by atoms with Crippen LogP contribution >= 0.6 is 0 Å². The minimum absolute atomic E-state index is 0.479. The van der Waals surface area contributed by atoms with Crippen LogP contribution in [0.2, 0.25) is 0 Å². The summed E-state index contributed by atoms with van der Waals surface area (Å²) in [5.41, 5.74) is 2.82. The van der Waals surface area contributed by atoms with E-state index in [1.165, 1.54) is 24.0 Å². The van der Waals surface area contributed by atoms with Crippen molar-refractivity contribution in [2.75, 3.05) is 13.2 Å². The Hall–Kier alpha value is -0.860. The van der Waals surface area contributed by atoms with Gasteiger partial charge in [0.2, 0.25) is 0 Å². The average Bonchev–Trinajstić information content (AvgIpc) is 2.97. The molecule has 2 heteroatoms. The van der Waals surface area contributed by atoms with Crippen molar-refractivity contribution < 1.29 is 4.74 Å². The van der Waals surface area contributed by atoms with Gasteiger partial charge in [0.15, 0.2) is 0 Å². The second-order valence-corrected chi connectivity index (χ2v) is 5.43. The fraction of sp³-hybridized carbons (Fsp3) is 0.647. The third-order valence-corrected chi connectivity index (χ3v) is 4.08. The van der Waals surface area contributed by atoms with Crippen LogP contribution in [-0.4, -0.2) is 19.3 Å². The first-order chi connectivity index (χ1) is 9.33. The molecule has 2 rings (SSSR count). The highest BCUT2D eigenvalue weighted by Crippen LogP contribution is 2.19. The molecule has 1 aromatic rings. The standard InChI is InChI=1S/C17H27NO/c1-3-14-7-9-15(10-8-14)17(4-2)18-12-11-16-6-5-13-19-16/h7-10,16-18H,3-6,11-13H2,1-2H3. The van der Waals surface area contributed by atoms with E-state index in [-0.39, 0.29) is 0 Å². The average molecular weight is 261 g/mol. The van der Waals surface area contributed by atoms with Crippen molar-refractivity contribution in [1.82, 2.24) is 5.32 Å². The fourth-order valence-corrected chi connectivity index (χ4v) is 2.77. The quantitative estimate of drug-likeness (QED) is 0.804. The SMILES string of the molecule is CCc1ccc(C(CC)NCCC2CCCO2)cc1. The Bertz CT molecular complexity index is 354. The predicted octanol–water partition coefficient (Wildman–Crippen LogP) is 3.86. The van der Waals surface area contributed by atoms with Crippen LogP contribution < -0.4 is 5.32 Å². The molecule has 1 fully saturated rings. The first-order valence-corrected chi connectivity index (χ1v) is 7.77. The van der Waals surface area contributed by atoms with Crippen molar-refractivity contribution >= 4 is 0 Å². The van der Waals surface area contributed by atoms with Crippen LogP contribution in [0.15, 0.2) is 24.3 Å².